The molecule has 148 valence electrons. The number of nitrogens with two attached hydrogens (primary N) is 1. The number of hydrogen-bond donors (Lipinski definition) is 1. The standard InChI is InChI=1S/C22H20N2O5/c1-3-24-11-13(17-9-14(27-2)5-7-18(17)24)8-20-22(26)16-6-4-15(10-19(16)29-20)28-12-21(23)25/h4-11H,3,12H2,1-2H3,(H2,23,25)/b20-8-. The number of fused-ring (bicyclic) bond motifs is 2. The number of aromatic nitrogens is 1. The van der Waals surface area contributed by atoms with Crippen LogP contribution in [0.5, 0.6) is 17.2 Å². The van der Waals surface area contributed by atoms with Crippen LogP contribution < -0.4 is 19.9 Å². The van der Waals surface area contributed by atoms with Crippen LogP contribution >= 0.6 is 0 Å². The van der Waals surface area contributed by atoms with Crippen LogP contribution in [0.3, 0.4) is 0 Å². The average molecular weight is 392 g/mol. The maximum Gasteiger partial charge on any atom is 0.255 e. The molecule has 0 fully saturated rings. The Kier molecular flexibility index (Phi) is 4.72. The quantitative estimate of drug-likeness (QED) is 0.651. The maximum atomic E-state index is 12.8. The van der Waals surface area contributed by atoms with E-state index in [1.807, 2.05) is 24.4 Å². The van der Waals surface area contributed by atoms with E-state index in [4.69, 9.17) is 19.9 Å². The van der Waals surface area contributed by atoms with Crippen LogP contribution in [-0.4, -0.2) is 30.0 Å². The monoisotopic (exact) mass is 392 g/mol. The van der Waals surface area contributed by atoms with Gasteiger partial charge in [-0.2, -0.15) is 0 Å². The number of methoxy groups -OCH3 is 1. The van der Waals surface area contributed by atoms with Crippen molar-refractivity contribution in [3.63, 3.8) is 0 Å². The molecule has 2 heterocycles. The van der Waals surface area contributed by atoms with E-state index in [-0.39, 0.29) is 18.1 Å². The molecular weight excluding hydrogens is 372 g/mol. The second-order valence-electron chi connectivity index (χ2n) is 6.61. The number of carbonyl (C=O) groups excluding carboxylic acids is 2. The predicted octanol–water partition coefficient (Wildman–Crippen LogP) is 3.15. The third-order valence-corrected chi connectivity index (χ3v) is 4.77. The zero-order valence-corrected chi connectivity index (χ0v) is 16.1. The molecule has 0 saturated carbocycles. The number of ether oxygens (including phenoxy) is 3. The van der Waals surface area contributed by atoms with Gasteiger partial charge in [0.15, 0.2) is 12.4 Å². The molecule has 29 heavy (non-hydrogen) atoms. The first kappa shape index (κ1) is 18.6. The number of benzene rings is 2. The second-order valence-corrected chi connectivity index (χ2v) is 6.61. The lowest BCUT2D eigenvalue weighted by molar-refractivity contribution is -0.119. The fourth-order valence-electron chi connectivity index (χ4n) is 3.36. The van der Waals surface area contributed by atoms with E-state index in [0.717, 1.165) is 28.8 Å². The van der Waals surface area contributed by atoms with Gasteiger partial charge in [0.2, 0.25) is 5.78 Å². The van der Waals surface area contributed by atoms with Crippen LogP contribution in [0.2, 0.25) is 0 Å². The van der Waals surface area contributed by atoms with Crippen molar-refractivity contribution in [2.75, 3.05) is 13.7 Å². The molecule has 1 aliphatic rings. The van der Waals surface area contributed by atoms with Crippen LogP contribution in [0.4, 0.5) is 0 Å². The Morgan fingerprint density at radius 1 is 1.21 bits per heavy atom. The smallest absolute Gasteiger partial charge is 0.255 e. The van der Waals surface area contributed by atoms with Gasteiger partial charge in [0.1, 0.15) is 17.2 Å². The van der Waals surface area contributed by atoms with Gasteiger partial charge in [-0.05, 0) is 43.3 Å². The maximum absolute atomic E-state index is 12.8. The average Bonchev–Trinajstić information content (AvgIpc) is 3.23. The number of nitrogens with zero attached hydrogens (tertiary/aromatic N) is 1. The normalized spacial score (nSPS) is 14.1. The first-order valence-electron chi connectivity index (χ1n) is 9.16. The summed E-state index contributed by atoms with van der Waals surface area (Å²) in [5.41, 5.74) is 7.45. The fourth-order valence-corrected chi connectivity index (χ4v) is 3.36. The molecule has 2 N–H and O–H groups in total. The highest BCUT2D eigenvalue weighted by Gasteiger charge is 2.28. The Labute approximate surface area is 167 Å². The first-order valence-corrected chi connectivity index (χ1v) is 9.16. The topological polar surface area (TPSA) is 92.8 Å². The number of amides is 1. The van der Waals surface area contributed by atoms with Crippen LogP contribution in [0.1, 0.15) is 22.8 Å². The highest BCUT2D eigenvalue weighted by Crippen LogP contribution is 2.36. The largest absolute Gasteiger partial charge is 0.497 e. The van der Waals surface area contributed by atoms with Crippen molar-refractivity contribution in [2.45, 2.75) is 13.5 Å². The summed E-state index contributed by atoms with van der Waals surface area (Å²) in [6.07, 6.45) is 3.72. The molecule has 0 saturated heterocycles. The lowest BCUT2D eigenvalue weighted by atomic mass is 10.1. The van der Waals surface area contributed by atoms with E-state index in [1.165, 1.54) is 0 Å². The van der Waals surface area contributed by atoms with Crippen LogP contribution in [0, 0.1) is 0 Å². The van der Waals surface area contributed by atoms with E-state index in [9.17, 15) is 9.59 Å². The van der Waals surface area contributed by atoms with Gasteiger partial charge in [0.05, 0.1) is 12.7 Å². The summed E-state index contributed by atoms with van der Waals surface area (Å²) < 4.78 is 18.5. The third-order valence-electron chi connectivity index (χ3n) is 4.77. The minimum atomic E-state index is -0.578. The molecule has 7 nitrogen and oxygen atoms in total. The van der Waals surface area contributed by atoms with Gasteiger partial charge in [-0.3, -0.25) is 9.59 Å². The van der Waals surface area contributed by atoms with Gasteiger partial charge in [0, 0.05) is 35.3 Å². The second kappa shape index (κ2) is 7.35. The summed E-state index contributed by atoms with van der Waals surface area (Å²) in [6, 6.07) is 10.7. The van der Waals surface area contributed by atoms with E-state index in [0.29, 0.717) is 17.1 Å². The zero-order chi connectivity index (χ0) is 20.5. The molecule has 3 aromatic rings. The number of ketones is 1. The van der Waals surface area contributed by atoms with Crippen LogP contribution in [-0.2, 0) is 11.3 Å². The molecule has 4 rings (SSSR count). The van der Waals surface area contributed by atoms with E-state index in [2.05, 4.69) is 11.5 Å². The Morgan fingerprint density at radius 3 is 2.72 bits per heavy atom. The van der Waals surface area contributed by atoms with Crippen molar-refractivity contribution in [3.05, 3.63) is 59.5 Å². The zero-order valence-electron chi connectivity index (χ0n) is 16.1. The van der Waals surface area contributed by atoms with Gasteiger partial charge in [-0.15, -0.1) is 0 Å². The number of allylic oxidation sites excluding steroid dienone is 1. The molecule has 0 unspecified atom stereocenters. The summed E-state index contributed by atoms with van der Waals surface area (Å²) in [4.78, 5) is 23.7. The highest BCUT2D eigenvalue weighted by atomic mass is 16.5. The number of aryl methyl sites for hydroxylation is 1. The Balaban J connectivity index is 1.70. The molecule has 2 aromatic carbocycles. The van der Waals surface area contributed by atoms with Crippen LogP contribution in [0.25, 0.3) is 17.0 Å². The Hall–Kier alpha value is -3.74. The van der Waals surface area contributed by atoms with Crippen LogP contribution in [0.15, 0.2) is 48.4 Å². The van der Waals surface area contributed by atoms with Gasteiger partial charge in [0.25, 0.3) is 5.91 Å². The summed E-state index contributed by atoms with van der Waals surface area (Å²) in [6.45, 7) is 2.61. The molecule has 0 bridgehead atoms. The lowest BCUT2D eigenvalue weighted by Gasteiger charge is -2.04. The lowest BCUT2D eigenvalue weighted by Crippen LogP contribution is -2.19. The number of primary amides is 1. The number of rotatable bonds is 6. The van der Waals surface area contributed by atoms with Gasteiger partial charge >= 0.3 is 0 Å². The summed E-state index contributed by atoms with van der Waals surface area (Å²) in [7, 11) is 1.62. The van der Waals surface area contributed by atoms with Gasteiger partial charge in [-0.1, -0.05) is 0 Å². The van der Waals surface area contributed by atoms with E-state index >= 15 is 0 Å². The van der Waals surface area contributed by atoms with E-state index in [1.54, 1.807) is 31.4 Å². The number of carbonyl (C=O) groups is 2. The molecular formula is C22H20N2O5. The molecule has 1 aliphatic heterocycles. The van der Waals surface area contributed by atoms with E-state index < -0.39 is 5.91 Å². The minimum Gasteiger partial charge on any atom is -0.497 e. The molecule has 1 amide bonds. The van der Waals surface area contributed by atoms with Gasteiger partial charge in [-0.25, -0.2) is 0 Å². The number of hydrogen-bond acceptors (Lipinski definition) is 5. The van der Waals surface area contributed by atoms with Crippen molar-refractivity contribution >= 4 is 28.7 Å². The molecule has 0 radical (unpaired) electrons. The van der Waals surface area contributed by atoms with Gasteiger partial charge < -0.3 is 24.5 Å². The van der Waals surface area contributed by atoms with Crippen molar-refractivity contribution in [2.24, 2.45) is 5.73 Å². The first-order chi connectivity index (χ1) is 14.0. The minimum absolute atomic E-state index is 0.207. The SMILES string of the molecule is CCn1cc(/C=C2\Oc3cc(OCC(N)=O)ccc3C2=O)c2cc(OC)ccc21. The predicted molar refractivity (Wildman–Crippen MR) is 108 cm³/mol. The molecule has 7 heteroatoms. The molecule has 0 spiro atoms. The fraction of sp³-hybridized carbons (Fsp3) is 0.182. The Morgan fingerprint density at radius 2 is 2.00 bits per heavy atom. The van der Waals surface area contributed by atoms with Crippen molar-refractivity contribution in [1.29, 1.82) is 0 Å². The summed E-state index contributed by atoms with van der Waals surface area (Å²) in [5.74, 6) is 0.978. The molecule has 1 aromatic heterocycles. The van der Waals surface area contributed by atoms with Crippen molar-refractivity contribution in [3.8, 4) is 17.2 Å². The Bertz CT molecular complexity index is 1160. The molecule has 0 aliphatic carbocycles. The molecule has 0 atom stereocenters. The highest BCUT2D eigenvalue weighted by molar-refractivity contribution is 6.15. The summed E-state index contributed by atoms with van der Waals surface area (Å²) >= 11 is 0. The third kappa shape index (κ3) is 3.42. The van der Waals surface area contributed by atoms with Crippen molar-refractivity contribution in [1.82, 2.24) is 4.57 Å². The summed E-state index contributed by atoms with van der Waals surface area (Å²) in [5, 5.41) is 0.969. The van der Waals surface area contributed by atoms with Crippen molar-refractivity contribution < 1.29 is 23.8 Å². The number of Topliss-reactive ketones (excluding diaryl/α,β-unsaturated/α-hetero) is 1.